The van der Waals surface area contributed by atoms with Crippen LogP contribution >= 0.6 is 0 Å². The van der Waals surface area contributed by atoms with Gasteiger partial charge in [0, 0.05) is 13.1 Å². The van der Waals surface area contributed by atoms with Gasteiger partial charge in [0.25, 0.3) is 0 Å². The van der Waals surface area contributed by atoms with Crippen LogP contribution in [0.4, 0.5) is 4.79 Å². The smallest absolute Gasteiger partial charge is 0.314 e. The number of carbonyl (C=O) groups is 2. The van der Waals surface area contributed by atoms with E-state index in [1.807, 2.05) is 0 Å². The zero-order chi connectivity index (χ0) is 12.6. The monoisotopic (exact) mass is 230 g/mol. The van der Waals surface area contributed by atoms with E-state index in [-0.39, 0.29) is 18.5 Å². The lowest BCUT2D eigenvalue weighted by atomic mass is 9.94. The molecule has 0 radical (unpaired) electrons. The predicted octanol–water partition coefficient (Wildman–Crippen LogP) is 1.28. The summed E-state index contributed by atoms with van der Waals surface area (Å²) < 4.78 is 4.64. The van der Waals surface area contributed by atoms with Crippen LogP contribution in [0.1, 0.15) is 33.6 Å². The maximum Gasteiger partial charge on any atom is 0.314 e. The molecule has 0 aromatic rings. The molecular formula is C11H22N2O3. The SMILES string of the molecule is CCCCNC(=O)NCC(C)(C)C(=O)OC. The third kappa shape index (κ3) is 5.58. The highest BCUT2D eigenvalue weighted by atomic mass is 16.5. The second kappa shape index (κ2) is 7.09. The number of hydrogen-bond donors (Lipinski definition) is 2. The van der Waals surface area contributed by atoms with Crippen molar-refractivity contribution >= 4 is 12.0 Å². The van der Waals surface area contributed by atoms with E-state index in [1.165, 1.54) is 7.11 Å². The molecule has 0 aromatic carbocycles. The number of amides is 2. The standard InChI is InChI=1S/C11H22N2O3/c1-5-6-7-12-10(15)13-8-11(2,3)9(14)16-4/h5-8H2,1-4H3,(H2,12,13,15). The fraction of sp³-hybridized carbons (Fsp3) is 0.818. The molecular weight excluding hydrogens is 208 g/mol. The first-order valence-corrected chi connectivity index (χ1v) is 5.54. The molecule has 0 bridgehead atoms. The Kier molecular flexibility index (Phi) is 6.53. The Balaban J connectivity index is 3.86. The van der Waals surface area contributed by atoms with Crippen molar-refractivity contribution in [3.8, 4) is 0 Å². The maximum absolute atomic E-state index is 11.3. The number of ether oxygens (including phenoxy) is 1. The van der Waals surface area contributed by atoms with Gasteiger partial charge in [-0.3, -0.25) is 4.79 Å². The Hall–Kier alpha value is -1.26. The molecule has 0 unspecified atom stereocenters. The minimum atomic E-state index is -0.698. The van der Waals surface area contributed by atoms with Gasteiger partial charge in [-0.25, -0.2) is 4.79 Å². The van der Waals surface area contributed by atoms with Gasteiger partial charge in [0.15, 0.2) is 0 Å². The van der Waals surface area contributed by atoms with Crippen molar-refractivity contribution in [1.82, 2.24) is 10.6 Å². The van der Waals surface area contributed by atoms with Crippen LogP contribution in [0, 0.1) is 5.41 Å². The minimum Gasteiger partial charge on any atom is -0.469 e. The number of unbranched alkanes of at least 4 members (excludes halogenated alkanes) is 1. The van der Waals surface area contributed by atoms with Crippen LogP contribution in [-0.4, -0.2) is 32.2 Å². The molecule has 0 heterocycles. The highest BCUT2D eigenvalue weighted by molar-refractivity contribution is 5.78. The summed E-state index contributed by atoms with van der Waals surface area (Å²) in [5.41, 5.74) is -0.698. The Bertz CT molecular complexity index is 239. The molecule has 0 aromatic heterocycles. The fourth-order valence-electron chi connectivity index (χ4n) is 1.09. The molecule has 0 atom stereocenters. The predicted molar refractivity (Wildman–Crippen MR) is 62.1 cm³/mol. The first-order chi connectivity index (χ1) is 7.44. The molecule has 0 saturated heterocycles. The largest absolute Gasteiger partial charge is 0.469 e. The van der Waals surface area contributed by atoms with Gasteiger partial charge in [-0.2, -0.15) is 0 Å². The van der Waals surface area contributed by atoms with E-state index >= 15 is 0 Å². The van der Waals surface area contributed by atoms with Crippen molar-refractivity contribution in [2.45, 2.75) is 33.6 Å². The number of esters is 1. The quantitative estimate of drug-likeness (QED) is 0.533. The van der Waals surface area contributed by atoms with Crippen LogP contribution in [0.15, 0.2) is 0 Å². The minimum absolute atomic E-state index is 0.245. The van der Waals surface area contributed by atoms with E-state index in [2.05, 4.69) is 22.3 Å². The molecule has 94 valence electrons. The molecule has 2 N–H and O–H groups in total. The third-order valence-electron chi connectivity index (χ3n) is 2.24. The second-order valence-corrected chi connectivity index (χ2v) is 4.34. The van der Waals surface area contributed by atoms with Gasteiger partial charge in [0.1, 0.15) is 0 Å². The van der Waals surface area contributed by atoms with Crippen LogP contribution < -0.4 is 10.6 Å². The van der Waals surface area contributed by atoms with Crippen molar-refractivity contribution in [2.24, 2.45) is 5.41 Å². The summed E-state index contributed by atoms with van der Waals surface area (Å²) in [6.45, 7) is 6.43. The number of rotatable bonds is 6. The summed E-state index contributed by atoms with van der Waals surface area (Å²) >= 11 is 0. The van der Waals surface area contributed by atoms with Gasteiger partial charge >= 0.3 is 12.0 Å². The van der Waals surface area contributed by atoms with E-state index in [0.717, 1.165) is 12.8 Å². The lowest BCUT2D eigenvalue weighted by Gasteiger charge is -2.21. The highest BCUT2D eigenvalue weighted by Crippen LogP contribution is 2.14. The second-order valence-electron chi connectivity index (χ2n) is 4.34. The molecule has 0 aliphatic heterocycles. The van der Waals surface area contributed by atoms with E-state index in [9.17, 15) is 9.59 Å². The van der Waals surface area contributed by atoms with Gasteiger partial charge in [0.05, 0.1) is 12.5 Å². The van der Waals surface area contributed by atoms with Crippen LogP contribution in [0.25, 0.3) is 0 Å². The Morgan fingerprint density at radius 1 is 1.25 bits per heavy atom. The maximum atomic E-state index is 11.3. The number of urea groups is 1. The van der Waals surface area contributed by atoms with E-state index in [1.54, 1.807) is 13.8 Å². The van der Waals surface area contributed by atoms with Gasteiger partial charge in [-0.05, 0) is 20.3 Å². The van der Waals surface area contributed by atoms with Gasteiger partial charge in [0.2, 0.25) is 0 Å². The molecule has 5 heteroatoms. The van der Waals surface area contributed by atoms with Crippen molar-refractivity contribution in [1.29, 1.82) is 0 Å². The van der Waals surface area contributed by atoms with Gasteiger partial charge in [-0.15, -0.1) is 0 Å². The topological polar surface area (TPSA) is 67.4 Å². The summed E-state index contributed by atoms with van der Waals surface area (Å²) in [5, 5.41) is 5.36. The normalized spacial score (nSPS) is 10.8. The molecule has 0 spiro atoms. The Labute approximate surface area is 96.9 Å². The van der Waals surface area contributed by atoms with Gasteiger partial charge in [-0.1, -0.05) is 13.3 Å². The average molecular weight is 230 g/mol. The highest BCUT2D eigenvalue weighted by Gasteiger charge is 2.28. The first-order valence-electron chi connectivity index (χ1n) is 5.54. The molecule has 0 fully saturated rings. The summed E-state index contributed by atoms with van der Waals surface area (Å²) in [7, 11) is 1.34. The summed E-state index contributed by atoms with van der Waals surface area (Å²) in [6, 6.07) is -0.245. The molecule has 5 nitrogen and oxygen atoms in total. The Morgan fingerprint density at radius 2 is 1.88 bits per heavy atom. The number of methoxy groups -OCH3 is 1. The van der Waals surface area contributed by atoms with Crippen molar-refractivity contribution in [3.05, 3.63) is 0 Å². The third-order valence-corrected chi connectivity index (χ3v) is 2.24. The molecule has 0 aliphatic carbocycles. The number of carbonyl (C=O) groups excluding carboxylic acids is 2. The van der Waals surface area contributed by atoms with E-state index < -0.39 is 5.41 Å². The van der Waals surface area contributed by atoms with Crippen molar-refractivity contribution in [2.75, 3.05) is 20.2 Å². The lowest BCUT2D eigenvalue weighted by Crippen LogP contribution is -2.44. The summed E-state index contributed by atoms with van der Waals surface area (Å²) in [4.78, 5) is 22.6. The fourth-order valence-corrected chi connectivity index (χ4v) is 1.09. The Morgan fingerprint density at radius 3 is 2.38 bits per heavy atom. The van der Waals surface area contributed by atoms with Crippen LogP contribution in [0.5, 0.6) is 0 Å². The first kappa shape index (κ1) is 14.7. The molecule has 16 heavy (non-hydrogen) atoms. The van der Waals surface area contributed by atoms with Crippen LogP contribution in [-0.2, 0) is 9.53 Å². The van der Waals surface area contributed by atoms with Crippen LogP contribution in [0.2, 0.25) is 0 Å². The zero-order valence-electron chi connectivity index (χ0n) is 10.6. The number of hydrogen-bond acceptors (Lipinski definition) is 3. The molecule has 0 saturated carbocycles. The summed E-state index contributed by atoms with van der Waals surface area (Å²) in [6.07, 6.45) is 1.99. The van der Waals surface area contributed by atoms with Crippen molar-refractivity contribution < 1.29 is 14.3 Å². The molecule has 2 amide bonds. The van der Waals surface area contributed by atoms with Crippen LogP contribution in [0.3, 0.4) is 0 Å². The molecule has 0 aliphatic rings. The van der Waals surface area contributed by atoms with Crippen molar-refractivity contribution in [3.63, 3.8) is 0 Å². The van der Waals surface area contributed by atoms with E-state index in [4.69, 9.17) is 0 Å². The lowest BCUT2D eigenvalue weighted by molar-refractivity contribution is -0.150. The molecule has 0 rings (SSSR count). The van der Waals surface area contributed by atoms with E-state index in [0.29, 0.717) is 6.54 Å². The number of nitrogens with one attached hydrogen (secondary N) is 2. The zero-order valence-corrected chi connectivity index (χ0v) is 10.6. The summed E-state index contributed by atoms with van der Waals surface area (Å²) in [5.74, 6) is -0.332. The average Bonchev–Trinajstić information content (AvgIpc) is 2.25. The van der Waals surface area contributed by atoms with Gasteiger partial charge < -0.3 is 15.4 Å².